The van der Waals surface area contributed by atoms with Crippen LogP contribution in [0.5, 0.6) is 5.75 Å². The Bertz CT molecular complexity index is 573. The van der Waals surface area contributed by atoms with E-state index in [2.05, 4.69) is 21.6 Å². The number of piperidine rings is 1. The van der Waals surface area contributed by atoms with Crippen molar-refractivity contribution in [1.29, 1.82) is 0 Å². The second-order valence-corrected chi connectivity index (χ2v) is 7.35. The number of rotatable bonds is 6. The molecule has 0 saturated carbocycles. The number of benzene rings is 1. The number of hydrogen-bond acceptors (Lipinski definition) is 4. The third kappa shape index (κ3) is 5.42. The van der Waals surface area contributed by atoms with Crippen molar-refractivity contribution in [3.05, 3.63) is 30.1 Å². The third-order valence-corrected chi connectivity index (χ3v) is 5.44. The number of halogens is 1. The minimum atomic E-state index is -0.248. The minimum Gasteiger partial charge on any atom is -0.492 e. The van der Waals surface area contributed by atoms with Crippen molar-refractivity contribution in [1.82, 2.24) is 14.7 Å². The van der Waals surface area contributed by atoms with Crippen LogP contribution >= 0.6 is 0 Å². The zero-order valence-electron chi connectivity index (χ0n) is 15.7. The van der Waals surface area contributed by atoms with Gasteiger partial charge >= 0.3 is 0 Å². The van der Waals surface area contributed by atoms with Crippen LogP contribution in [0.1, 0.15) is 26.2 Å². The zero-order chi connectivity index (χ0) is 18.4. The molecule has 0 aliphatic carbocycles. The molecule has 1 aromatic carbocycles. The Morgan fingerprint density at radius 2 is 1.77 bits per heavy atom. The zero-order valence-corrected chi connectivity index (χ0v) is 15.7. The van der Waals surface area contributed by atoms with Crippen molar-refractivity contribution >= 4 is 5.91 Å². The van der Waals surface area contributed by atoms with E-state index in [0.29, 0.717) is 24.9 Å². The molecule has 2 aliphatic rings. The van der Waals surface area contributed by atoms with Gasteiger partial charge in [0.05, 0.1) is 6.54 Å². The molecule has 3 rings (SSSR count). The highest BCUT2D eigenvalue weighted by Crippen LogP contribution is 2.17. The number of amides is 1. The van der Waals surface area contributed by atoms with Crippen molar-refractivity contribution in [3.63, 3.8) is 0 Å². The largest absolute Gasteiger partial charge is 0.492 e. The fourth-order valence-corrected chi connectivity index (χ4v) is 3.75. The van der Waals surface area contributed by atoms with Crippen LogP contribution in [0.15, 0.2) is 24.3 Å². The third-order valence-electron chi connectivity index (χ3n) is 5.44. The van der Waals surface area contributed by atoms with E-state index in [1.165, 1.54) is 18.6 Å². The summed E-state index contributed by atoms with van der Waals surface area (Å²) in [4.78, 5) is 19.2. The predicted octanol–water partition coefficient (Wildman–Crippen LogP) is 2.22. The van der Waals surface area contributed by atoms with Crippen molar-refractivity contribution in [3.8, 4) is 5.75 Å². The molecule has 2 aliphatic heterocycles. The number of nitrogens with zero attached hydrogens (tertiary/aromatic N) is 3. The lowest BCUT2D eigenvalue weighted by atomic mass is 10.0. The standard InChI is InChI=1S/C20H30FN3O2/c1-17-4-2-3-9-24(17)20(25)16-23-12-10-22(11-13-23)14-15-26-19-7-5-18(21)6-8-19/h5-8,17H,2-4,9-16H2,1H3. The Kier molecular flexibility index (Phi) is 6.86. The average Bonchev–Trinajstić information content (AvgIpc) is 2.65. The first kappa shape index (κ1) is 19.1. The summed E-state index contributed by atoms with van der Waals surface area (Å²) in [6, 6.07) is 6.52. The molecule has 6 heteroatoms. The Morgan fingerprint density at radius 3 is 2.46 bits per heavy atom. The Hall–Kier alpha value is -1.66. The lowest BCUT2D eigenvalue weighted by molar-refractivity contribution is -0.136. The smallest absolute Gasteiger partial charge is 0.236 e. The van der Waals surface area contributed by atoms with E-state index in [1.54, 1.807) is 12.1 Å². The van der Waals surface area contributed by atoms with Gasteiger partial charge < -0.3 is 9.64 Å². The van der Waals surface area contributed by atoms with Gasteiger partial charge in [-0.05, 0) is 50.5 Å². The average molecular weight is 363 g/mol. The second kappa shape index (κ2) is 9.33. The fourth-order valence-electron chi connectivity index (χ4n) is 3.75. The van der Waals surface area contributed by atoms with Crippen molar-refractivity contribution in [2.45, 2.75) is 32.2 Å². The molecule has 5 nitrogen and oxygen atoms in total. The molecule has 1 aromatic rings. The van der Waals surface area contributed by atoms with Gasteiger partial charge in [0.25, 0.3) is 0 Å². The molecule has 2 heterocycles. The topological polar surface area (TPSA) is 36.0 Å². The summed E-state index contributed by atoms with van der Waals surface area (Å²) in [5.74, 6) is 0.735. The molecule has 26 heavy (non-hydrogen) atoms. The van der Waals surface area contributed by atoms with Crippen molar-refractivity contribution in [2.24, 2.45) is 0 Å². The summed E-state index contributed by atoms with van der Waals surface area (Å²) >= 11 is 0. The molecule has 144 valence electrons. The lowest BCUT2D eigenvalue weighted by Gasteiger charge is -2.38. The number of carbonyl (C=O) groups excluding carboxylic acids is 1. The number of hydrogen-bond donors (Lipinski definition) is 0. The fraction of sp³-hybridized carbons (Fsp3) is 0.650. The molecule has 1 amide bonds. The minimum absolute atomic E-state index is 0.248. The molecule has 2 fully saturated rings. The van der Waals surface area contributed by atoms with Crippen LogP contribution < -0.4 is 4.74 Å². The van der Waals surface area contributed by atoms with Crippen LogP contribution in [0.2, 0.25) is 0 Å². The van der Waals surface area contributed by atoms with Crippen LogP contribution in [0.3, 0.4) is 0 Å². The lowest BCUT2D eigenvalue weighted by Crippen LogP contribution is -2.52. The maximum atomic E-state index is 12.9. The van der Waals surface area contributed by atoms with Gasteiger partial charge in [-0.25, -0.2) is 4.39 Å². The molecule has 0 aromatic heterocycles. The first-order valence-electron chi connectivity index (χ1n) is 9.74. The normalized spacial score (nSPS) is 22.4. The molecule has 0 spiro atoms. The quantitative estimate of drug-likeness (QED) is 0.777. The highest BCUT2D eigenvalue weighted by molar-refractivity contribution is 5.78. The first-order valence-corrected chi connectivity index (χ1v) is 9.74. The molecule has 0 bridgehead atoms. The predicted molar refractivity (Wildman–Crippen MR) is 99.8 cm³/mol. The molecule has 0 N–H and O–H groups in total. The van der Waals surface area contributed by atoms with Gasteiger partial charge in [0.2, 0.25) is 5.91 Å². The van der Waals surface area contributed by atoms with Crippen LogP contribution in [-0.4, -0.2) is 79.1 Å². The van der Waals surface area contributed by atoms with E-state index in [9.17, 15) is 9.18 Å². The molecule has 0 radical (unpaired) electrons. The van der Waals surface area contributed by atoms with Crippen LogP contribution in [0.25, 0.3) is 0 Å². The van der Waals surface area contributed by atoms with Crippen LogP contribution in [0.4, 0.5) is 4.39 Å². The SMILES string of the molecule is CC1CCCCN1C(=O)CN1CCN(CCOc2ccc(F)cc2)CC1. The van der Waals surface area contributed by atoms with Crippen molar-refractivity contribution < 1.29 is 13.9 Å². The van der Waals surface area contributed by atoms with Gasteiger partial charge in [-0.1, -0.05) is 0 Å². The summed E-state index contributed by atoms with van der Waals surface area (Å²) in [5.41, 5.74) is 0. The van der Waals surface area contributed by atoms with E-state index >= 15 is 0 Å². The summed E-state index contributed by atoms with van der Waals surface area (Å²) in [6.07, 6.45) is 3.51. The number of carbonyl (C=O) groups is 1. The van der Waals surface area contributed by atoms with Gasteiger partial charge in [-0.15, -0.1) is 0 Å². The highest BCUT2D eigenvalue weighted by Gasteiger charge is 2.26. The Balaban J connectivity index is 1.33. The van der Waals surface area contributed by atoms with E-state index in [1.807, 2.05) is 0 Å². The maximum absolute atomic E-state index is 12.9. The van der Waals surface area contributed by atoms with E-state index in [-0.39, 0.29) is 11.7 Å². The van der Waals surface area contributed by atoms with Gasteiger partial charge in [-0.3, -0.25) is 14.6 Å². The van der Waals surface area contributed by atoms with Gasteiger partial charge in [0.15, 0.2) is 0 Å². The van der Waals surface area contributed by atoms with Gasteiger partial charge in [-0.2, -0.15) is 0 Å². The Labute approximate surface area is 155 Å². The molecule has 1 atom stereocenters. The second-order valence-electron chi connectivity index (χ2n) is 7.35. The number of piperazine rings is 1. The van der Waals surface area contributed by atoms with E-state index < -0.39 is 0 Å². The summed E-state index contributed by atoms with van der Waals surface area (Å²) in [7, 11) is 0. The van der Waals surface area contributed by atoms with Crippen molar-refractivity contribution in [2.75, 3.05) is 52.4 Å². The van der Waals surface area contributed by atoms with Crippen LogP contribution in [-0.2, 0) is 4.79 Å². The monoisotopic (exact) mass is 363 g/mol. The molecular weight excluding hydrogens is 333 g/mol. The maximum Gasteiger partial charge on any atom is 0.236 e. The summed E-state index contributed by atoms with van der Waals surface area (Å²) in [6.45, 7) is 8.82. The molecule has 2 saturated heterocycles. The Morgan fingerprint density at radius 1 is 1.08 bits per heavy atom. The van der Waals surface area contributed by atoms with Crippen LogP contribution in [0, 0.1) is 5.82 Å². The van der Waals surface area contributed by atoms with Gasteiger partial charge in [0.1, 0.15) is 18.2 Å². The highest BCUT2D eigenvalue weighted by atomic mass is 19.1. The molecular formula is C20H30FN3O2. The van der Waals surface area contributed by atoms with Gasteiger partial charge in [0, 0.05) is 45.3 Å². The summed E-state index contributed by atoms with van der Waals surface area (Å²) in [5, 5.41) is 0. The van der Waals surface area contributed by atoms with E-state index in [0.717, 1.165) is 52.1 Å². The summed E-state index contributed by atoms with van der Waals surface area (Å²) < 4.78 is 18.5. The van der Waals surface area contributed by atoms with E-state index in [4.69, 9.17) is 4.74 Å². The number of likely N-dealkylation sites (tertiary alicyclic amines) is 1. The first-order chi connectivity index (χ1) is 12.6. The molecule has 1 unspecified atom stereocenters. The number of ether oxygens (including phenoxy) is 1.